The number of aromatic nitrogens is 1. The highest BCUT2D eigenvalue weighted by Gasteiger charge is 2.22. The lowest BCUT2D eigenvalue weighted by Crippen LogP contribution is -2.05. The summed E-state index contributed by atoms with van der Waals surface area (Å²) in [5.41, 5.74) is 14.5. The molecule has 0 saturated carbocycles. The summed E-state index contributed by atoms with van der Waals surface area (Å²) in [5.74, 6) is 0.104. The summed E-state index contributed by atoms with van der Waals surface area (Å²) >= 11 is 1.06. The van der Waals surface area contributed by atoms with Crippen molar-refractivity contribution in [3.05, 3.63) is 131 Å². The molecule has 0 unspecified atom stereocenters. The Morgan fingerprint density at radius 1 is 0.625 bits per heavy atom. The molecule has 19 nitrogen and oxygen atoms in total. The van der Waals surface area contributed by atoms with Crippen LogP contribution >= 0.6 is 11.3 Å². The van der Waals surface area contributed by atoms with Crippen LogP contribution in [0, 0.1) is 40.9 Å². The highest BCUT2D eigenvalue weighted by molar-refractivity contribution is 7.86. The summed E-state index contributed by atoms with van der Waals surface area (Å²) in [6, 6.07) is 33.1. The second-order valence-corrected chi connectivity index (χ2v) is 18.5. The van der Waals surface area contributed by atoms with Gasteiger partial charge in [0.15, 0.2) is 16.6 Å². The minimum Gasteiger partial charge on any atom is -0.398 e. The van der Waals surface area contributed by atoms with Crippen LogP contribution in [0.2, 0.25) is 0 Å². The average Bonchev–Trinajstić information content (AvgIpc) is 3.57. The van der Waals surface area contributed by atoms with Gasteiger partial charge in [0.25, 0.3) is 30.4 Å². The number of azo groups is 1. The maximum absolute atomic E-state index is 11.6. The lowest BCUT2D eigenvalue weighted by Gasteiger charge is -2.16. The van der Waals surface area contributed by atoms with Crippen molar-refractivity contribution < 1.29 is 38.9 Å². The molecule has 0 fully saturated rings. The van der Waals surface area contributed by atoms with Gasteiger partial charge in [0.2, 0.25) is 0 Å². The molecule has 0 aliphatic rings. The fourth-order valence-corrected chi connectivity index (χ4v) is 8.28. The van der Waals surface area contributed by atoms with E-state index in [1.54, 1.807) is 13.0 Å². The summed E-state index contributed by atoms with van der Waals surface area (Å²) < 4.78 is 94.8. The van der Waals surface area contributed by atoms with Crippen molar-refractivity contribution >= 4 is 96.9 Å². The molecule has 2 aromatic heterocycles. The average molecular weight is 935 g/mol. The molecule has 5 aromatic carbocycles. The van der Waals surface area contributed by atoms with Gasteiger partial charge in [0.1, 0.15) is 29.5 Å². The minimum atomic E-state index is -4.46. The quantitative estimate of drug-likeness (QED) is 0.0384. The van der Waals surface area contributed by atoms with Crippen LogP contribution in [0.1, 0.15) is 22.3 Å². The molecule has 0 aliphatic heterocycles. The van der Waals surface area contributed by atoms with Crippen LogP contribution in [0.15, 0.2) is 134 Å². The van der Waals surface area contributed by atoms with Crippen molar-refractivity contribution in [3.8, 4) is 29.3 Å². The molecular weight excluding hydrogens is 905 g/mol. The second-order valence-electron chi connectivity index (χ2n) is 13.2. The predicted octanol–water partition coefficient (Wildman–Crippen LogP) is 8.38. The van der Waals surface area contributed by atoms with Crippen LogP contribution < -0.4 is 22.1 Å². The van der Waals surface area contributed by atoms with Gasteiger partial charge in [-0.1, -0.05) is 47.7 Å². The SMILES string of the molecule is Cc1c(C#N)c(Nc2ccc(S(=O)(=O)O)cc2)nc(Nc2ccc(S(=O)(=O)O)cc2)c1N=Nc1sc(N)c(-c2ccc3ccccc3c2)c1C#N.N#Cc1cc(S(=O)(=O)O)ccc1N. The molecule has 0 radical (unpaired) electrons. The molecule has 0 amide bonds. The number of benzene rings is 5. The first kappa shape index (κ1) is 45.7. The second kappa shape index (κ2) is 18.3. The lowest BCUT2D eigenvalue weighted by atomic mass is 10.00. The van der Waals surface area contributed by atoms with E-state index in [9.17, 15) is 44.9 Å². The predicted molar refractivity (Wildman–Crippen MR) is 239 cm³/mol. The maximum Gasteiger partial charge on any atom is 0.294 e. The molecule has 7 rings (SSSR count). The first-order valence-electron chi connectivity index (χ1n) is 17.9. The van der Waals surface area contributed by atoms with Crippen LogP contribution in [0.4, 0.5) is 44.4 Å². The molecule has 64 heavy (non-hydrogen) atoms. The van der Waals surface area contributed by atoms with Gasteiger partial charge in [0.05, 0.1) is 30.8 Å². The van der Waals surface area contributed by atoms with Gasteiger partial charge in [-0.25, -0.2) is 4.98 Å². The highest BCUT2D eigenvalue weighted by Crippen LogP contribution is 2.46. The Morgan fingerprint density at radius 3 is 1.69 bits per heavy atom. The van der Waals surface area contributed by atoms with E-state index in [-0.39, 0.29) is 59.4 Å². The van der Waals surface area contributed by atoms with E-state index in [2.05, 4.69) is 38.0 Å². The number of rotatable bonds is 10. The lowest BCUT2D eigenvalue weighted by molar-refractivity contribution is 0.481. The zero-order valence-electron chi connectivity index (χ0n) is 32.7. The number of thiophene rings is 1. The number of nitrogens with one attached hydrogen (secondary N) is 2. The Balaban J connectivity index is 0.000000450. The van der Waals surface area contributed by atoms with E-state index in [1.165, 1.54) is 54.6 Å². The number of fused-ring (bicyclic) bond motifs is 1. The van der Waals surface area contributed by atoms with E-state index in [4.69, 9.17) is 21.3 Å². The summed E-state index contributed by atoms with van der Waals surface area (Å²) in [5, 5.41) is 46.2. The van der Waals surface area contributed by atoms with Gasteiger partial charge < -0.3 is 22.1 Å². The van der Waals surface area contributed by atoms with Gasteiger partial charge in [-0.05, 0) is 96.1 Å². The van der Waals surface area contributed by atoms with Crippen molar-refractivity contribution in [2.24, 2.45) is 10.2 Å². The van der Waals surface area contributed by atoms with Crippen molar-refractivity contribution in [1.82, 2.24) is 4.98 Å². The fraction of sp³-hybridized carbons (Fsp3) is 0.0244. The molecule has 23 heteroatoms. The third-order valence-electron chi connectivity index (χ3n) is 9.11. The first-order valence-corrected chi connectivity index (χ1v) is 23.0. The van der Waals surface area contributed by atoms with Crippen molar-refractivity contribution in [2.75, 3.05) is 22.1 Å². The minimum absolute atomic E-state index is 0.0233. The Bertz CT molecular complexity index is 3490. The maximum atomic E-state index is 11.6. The van der Waals surface area contributed by atoms with E-state index >= 15 is 0 Å². The molecule has 322 valence electrons. The van der Waals surface area contributed by atoms with Gasteiger partial charge in [-0.3, -0.25) is 13.7 Å². The zero-order valence-corrected chi connectivity index (χ0v) is 35.9. The highest BCUT2D eigenvalue weighted by atomic mass is 32.2. The normalized spacial score (nSPS) is 11.5. The molecule has 0 aliphatic carbocycles. The Labute approximate surface area is 369 Å². The van der Waals surface area contributed by atoms with Crippen LogP contribution in [0.5, 0.6) is 0 Å². The van der Waals surface area contributed by atoms with Crippen molar-refractivity contribution in [1.29, 1.82) is 15.8 Å². The number of pyridine rings is 1. The molecule has 2 heterocycles. The van der Waals surface area contributed by atoms with Crippen LogP contribution in [0.25, 0.3) is 21.9 Å². The number of anilines is 6. The monoisotopic (exact) mass is 934 g/mol. The number of nitriles is 3. The summed E-state index contributed by atoms with van der Waals surface area (Å²) in [6.45, 7) is 1.60. The smallest absolute Gasteiger partial charge is 0.294 e. The molecule has 9 N–H and O–H groups in total. The summed E-state index contributed by atoms with van der Waals surface area (Å²) in [4.78, 5) is 3.56. The van der Waals surface area contributed by atoms with Crippen LogP contribution in [-0.2, 0) is 30.4 Å². The van der Waals surface area contributed by atoms with E-state index < -0.39 is 30.4 Å². The van der Waals surface area contributed by atoms with Crippen LogP contribution in [-0.4, -0.2) is 43.9 Å². The number of nitrogens with two attached hydrogens (primary N) is 2. The van der Waals surface area contributed by atoms with Crippen LogP contribution in [0.3, 0.4) is 0 Å². The van der Waals surface area contributed by atoms with Crippen molar-refractivity contribution in [2.45, 2.75) is 21.6 Å². The Kier molecular flexibility index (Phi) is 13.1. The standard InChI is InChI=1S/C34H24N8O6S3.C7H6N2O3S/c1-19-27(17-35)32(38-23-8-12-25(13-9-23)50(43,44)45)40-33(39-24-10-14-26(15-11-24)51(46,47)48)30(19)41-42-34-28(18-36)29(31(37)49-34)22-7-6-20-4-2-3-5-21(20)16-22;8-4-5-3-6(13(10,11)12)1-2-7(5)9/h2-16H,37H2,1H3,(H2,38,39,40)(H,43,44,45)(H,46,47,48);1-3H,9H2,(H,10,11,12). The van der Waals surface area contributed by atoms with Gasteiger partial charge >= 0.3 is 0 Å². The third-order valence-corrected chi connectivity index (χ3v) is 12.6. The number of nitrogen functional groups attached to an aromatic ring is 2. The van der Waals surface area contributed by atoms with Crippen molar-refractivity contribution in [3.63, 3.8) is 0 Å². The molecular formula is C41H30N10O9S4. The summed E-state index contributed by atoms with van der Waals surface area (Å²) in [6.07, 6.45) is 0. The topological polar surface area (TPSA) is 348 Å². The van der Waals surface area contributed by atoms with Gasteiger partial charge in [-0.15, -0.1) is 10.2 Å². The van der Waals surface area contributed by atoms with Gasteiger partial charge in [0, 0.05) is 28.2 Å². The number of hydrogen-bond acceptors (Lipinski definition) is 17. The molecule has 0 bridgehead atoms. The van der Waals surface area contributed by atoms with E-state index in [0.717, 1.165) is 39.8 Å². The fourth-order valence-electron chi connectivity index (χ4n) is 5.95. The summed E-state index contributed by atoms with van der Waals surface area (Å²) in [7, 11) is -13.2. The Morgan fingerprint density at radius 2 is 1.16 bits per heavy atom. The third kappa shape index (κ3) is 10.3. The first-order chi connectivity index (χ1) is 30.2. The largest absolute Gasteiger partial charge is 0.398 e. The molecule has 0 spiro atoms. The molecule has 0 atom stereocenters. The molecule has 7 aromatic rings. The zero-order chi connectivity index (χ0) is 46.6. The van der Waals surface area contributed by atoms with Gasteiger partial charge in [-0.2, -0.15) is 41.0 Å². The Hall–Kier alpha value is -7.79. The number of hydrogen-bond donors (Lipinski definition) is 7. The van der Waals surface area contributed by atoms with E-state index in [1.807, 2.05) is 42.5 Å². The number of nitrogens with zero attached hydrogens (tertiary/aromatic N) is 6. The van der Waals surface area contributed by atoms with E-state index in [0.29, 0.717) is 27.5 Å². The molecule has 0 saturated heterocycles.